The Morgan fingerprint density at radius 3 is 2.39 bits per heavy atom. The molecule has 7 heteroatoms. The molecule has 31 heavy (non-hydrogen) atoms. The number of amides is 2. The molecule has 0 heterocycles. The largest absolute Gasteiger partial charge is 0.497 e. The van der Waals surface area contributed by atoms with E-state index in [4.69, 9.17) is 16.3 Å². The molecule has 1 unspecified atom stereocenters. The first-order valence-corrected chi connectivity index (χ1v) is 11.0. The van der Waals surface area contributed by atoms with Crippen molar-refractivity contribution >= 4 is 46.6 Å². The van der Waals surface area contributed by atoms with Gasteiger partial charge in [0.2, 0.25) is 5.91 Å². The Morgan fingerprint density at radius 2 is 1.68 bits per heavy atom. The van der Waals surface area contributed by atoms with E-state index in [2.05, 4.69) is 10.6 Å². The molecule has 3 rings (SSSR count). The van der Waals surface area contributed by atoms with Gasteiger partial charge in [-0.3, -0.25) is 9.59 Å². The maximum absolute atomic E-state index is 12.7. The standard InChI is InChI=1S/C24H23ClN2O3S/c1-3-22(24(29)27-18-9-5-8-17(25)14-18)31-21-12-6-10-19(15-21)26-23(28)16-7-4-11-20(13-16)30-2/h4-15,22H,3H2,1-2H3,(H,26,28)(H,27,29). The van der Waals surface area contributed by atoms with Gasteiger partial charge >= 0.3 is 0 Å². The summed E-state index contributed by atoms with van der Waals surface area (Å²) in [6.45, 7) is 1.96. The molecule has 0 radical (unpaired) electrons. The minimum atomic E-state index is -0.289. The van der Waals surface area contributed by atoms with Gasteiger partial charge in [-0.05, 0) is 61.0 Å². The van der Waals surface area contributed by atoms with Gasteiger partial charge in [-0.2, -0.15) is 0 Å². The molecular weight excluding hydrogens is 432 g/mol. The summed E-state index contributed by atoms with van der Waals surface area (Å²) >= 11 is 7.44. The Morgan fingerprint density at radius 1 is 0.968 bits per heavy atom. The lowest BCUT2D eigenvalue weighted by Crippen LogP contribution is -2.24. The van der Waals surface area contributed by atoms with Crippen LogP contribution in [0, 0.1) is 0 Å². The second-order valence-corrected chi connectivity index (χ2v) is 8.44. The molecule has 2 N–H and O–H groups in total. The average Bonchev–Trinajstić information content (AvgIpc) is 2.77. The first-order chi connectivity index (χ1) is 15.0. The zero-order chi connectivity index (χ0) is 22.2. The highest BCUT2D eigenvalue weighted by Gasteiger charge is 2.18. The van der Waals surface area contributed by atoms with E-state index >= 15 is 0 Å². The number of anilines is 2. The van der Waals surface area contributed by atoms with Gasteiger partial charge < -0.3 is 15.4 Å². The number of rotatable bonds is 8. The minimum Gasteiger partial charge on any atom is -0.497 e. The summed E-state index contributed by atoms with van der Waals surface area (Å²) in [6.07, 6.45) is 0.650. The number of thioether (sulfide) groups is 1. The van der Waals surface area contributed by atoms with Crippen LogP contribution in [0.2, 0.25) is 5.02 Å². The Hall–Kier alpha value is -2.96. The zero-order valence-electron chi connectivity index (χ0n) is 17.2. The number of nitrogens with one attached hydrogen (secondary N) is 2. The third-order valence-electron chi connectivity index (χ3n) is 4.46. The Bertz CT molecular complexity index is 1070. The van der Waals surface area contributed by atoms with Crippen molar-refractivity contribution in [2.24, 2.45) is 0 Å². The van der Waals surface area contributed by atoms with Crippen molar-refractivity contribution in [2.45, 2.75) is 23.5 Å². The number of benzene rings is 3. The van der Waals surface area contributed by atoms with E-state index in [-0.39, 0.29) is 17.1 Å². The maximum Gasteiger partial charge on any atom is 0.255 e. The number of halogens is 1. The second kappa shape index (κ2) is 10.9. The first kappa shape index (κ1) is 22.7. The van der Waals surface area contributed by atoms with Crippen LogP contribution in [0.15, 0.2) is 77.7 Å². The van der Waals surface area contributed by atoms with Crippen LogP contribution in [0.5, 0.6) is 5.75 Å². The van der Waals surface area contributed by atoms with E-state index in [1.807, 2.05) is 31.2 Å². The fourth-order valence-electron chi connectivity index (χ4n) is 2.89. The summed E-state index contributed by atoms with van der Waals surface area (Å²) < 4.78 is 5.17. The number of hydrogen-bond acceptors (Lipinski definition) is 4. The van der Waals surface area contributed by atoms with Gasteiger partial charge in [0.05, 0.1) is 12.4 Å². The Labute approximate surface area is 191 Å². The Balaban J connectivity index is 1.66. The van der Waals surface area contributed by atoms with E-state index in [0.717, 1.165) is 4.90 Å². The van der Waals surface area contributed by atoms with Crippen LogP contribution in [0.1, 0.15) is 23.7 Å². The van der Waals surface area contributed by atoms with E-state index in [1.54, 1.807) is 55.6 Å². The molecule has 5 nitrogen and oxygen atoms in total. The van der Waals surface area contributed by atoms with Gasteiger partial charge in [0.25, 0.3) is 5.91 Å². The highest BCUT2D eigenvalue weighted by Crippen LogP contribution is 2.29. The van der Waals surface area contributed by atoms with Crippen molar-refractivity contribution in [3.05, 3.63) is 83.4 Å². The number of hydrogen-bond donors (Lipinski definition) is 2. The summed E-state index contributed by atoms with van der Waals surface area (Å²) in [5, 5.41) is 6.08. The third kappa shape index (κ3) is 6.51. The zero-order valence-corrected chi connectivity index (χ0v) is 18.8. The second-order valence-electron chi connectivity index (χ2n) is 6.73. The van der Waals surface area contributed by atoms with E-state index in [0.29, 0.717) is 34.1 Å². The lowest BCUT2D eigenvalue weighted by molar-refractivity contribution is -0.115. The molecule has 3 aromatic carbocycles. The quantitative estimate of drug-likeness (QED) is 0.403. The molecule has 2 amide bonds. The molecule has 160 valence electrons. The normalized spacial score (nSPS) is 11.5. The van der Waals surface area contributed by atoms with Crippen molar-refractivity contribution in [3.8, 4) is 5.75 Å². The molecule has 0 aromatic heterocycles. The molecular formula is C24H23ClN2O3S. The van der Waals surface area contributed by atoms with Gasteiger partial charge in [0.15, 0.2) is 0 Å². The van der Waals surface area contributed by atoms with Crippen LogP contribution < -0.4 is 15.4 Å². The molecule has 0 saturated heterocycles. The Kier molecular flexibility index (Phi) is 7.98. The summed E-state index contributed by atoms with van der Waals surface area (Å²) in [4.78, 5) is 26.2. The van der Waals surface area contributed by atoms with Crippen molar-refractivity contribution in [1.29, 1.82) is 0 Å². The molecule has 0 aliphatic heterocycles. The predicted octanol–water partition coefficient (Wildman–Crippen LogP) is 6.11. The summed E-state index contributed by atoms with van der Waals surface area (Å²) in [5.41, 5.74) is 1.82. The lowest BCUT2D eigenvalue weighted by atomic mass is 10.2. The van der Waals surface area contributed by atoms with Crippen molar-refractivity contribution in [2.75, 3.05) is 17.7 Å². The SMILES string of the molecule is CCC(Sc1cccc(NC(=O)c2cccc(OC)c2)c1)C(=O)Nc1cccc(Cl)c1. The predicted molar refractivity (Wildman–Crippen MR) is 127 cm³/mol. The lowest BCUT2D eigenvalue weighted by Gasteiger charge is -2.15. The summed E-state index contributed by atoms with van der Waals surface area (Å²) in [5.74, 6) is 0.292. The first-order valence-electron chi connectivity index (χ1n) is 9.77. The molecule has 1 atom stereocenters. The van der Waals surface area contributed by atoms with Crippen LogP contribution in [0.25, 0.3) is 0 Å². The fraction of sp³-hybridized carbons (Fsp3) is 0.167. The minimum absolute atomic E-state index is 0.0967. The van der Waals surface area contributed by atoms with Crippen molar-refractivity contribution < 1.29 is 14.3 Å². The number of ether oxygens (including phenoxy) is 1. The monoisotopic (exact) mass is 454 g/mol. The van der Waals surface area contributed by atoms with Gasteiger partial charge in [-0.1, -0.05) is 36.7 Å². The van der Waals surface area contributed by atoms with Crippen LogP contribution in [0.3, 0.4) is 0 Å². The van der Waals surface area contributed by atoms with E-state index in [9.17, 15) is 9.59 Å². The average molecular weight is 455 g/mol. The number of methoxy groups -OCH3 is 1. The highest BCUT2D eigenvalue weighted by molar-refractivity contribution is 8.00. The van der Waals surface area contributed by atoms with Crippen LogP contribution in [0.4, 0.5) is 11.4 Å². The van der Waals surface area contributed by atoms with E-state index < -0.39 is 0 Å². The summed E-state index contributed by atoms with van der Waals surface area (Å²) in [6, 6.07) is 21.5. The van der Waals surface area contributed by atoms with Crippen LogP contribution in [-0.2, 0) is 4.79 Å². The molecule has 0 aliphatic rings. The summed E-state index contributed by atoms with van der Waals surface area (Å²) in [7, 11) is 1.56. The number of carbonyl (C=O) groups excluding carboxylic acids is 2. The van der Waals surface area contributed by atoms with Crippen LogP contribution in [-0.4, -0.2) is 24.2 Å². The number of carbonyl (C=O) groups is 2. The van der Waals surface area contributed by atoms with Crippen molar-refractivity contribution in [3.63, 3.8) is 0 Å². The van der Waals surface area contributed by atoms with Crippen molar-refractivity contribution in [1.82, 2.24) is 0 Å². The van der Waals surface area contributed by atoms with E-state index in [1.165, 1.54) is 11.8 Å². The van der Waals surface area contributed by atoms with Crippen LogP contribution >= 0.6 is 23.4 Å². The van der Waals surface area contributed by atoms with Gasteiger partial charge in [0.1, 0.15) is 5.75 Å². The molecule has 0 spiro atoms. The molecule has 0 saturated carbocycles. The van der Waals surface area contributed by atoms with Gasteiger partial charge in [-0.25, -0.2) is 0 Å². The molecule has 0 fully saturated rings. The fourth-order valence-corrected chi connectivity index (χ4v) is 4.09. The highest BCUT2D eigenvalue weighted by atomic mass is 35.5. The molecule has 0 aliphatic carbocycles. The van der Waals surface area contributed by atoms with Gasteiger partial charge in [-0.15, -0.1) is 11.8 Å². The smallest absolute Gasteiger partial charge is 0.255 e. The van der Waals surface area contributed by atoms with Gasteiger partial charge in [0, 0.05) is 26.9 Å². The molecule has 3 aromatic rings. The third-order valence-corrected chi connectivity index (χ3v) is 6.05. The topological polar surface area (TPSA) is 67.4 Å². The molecule has 0 bridgehead atoms. The maximum atomic E-state index is 12.7.